The van der Waals surface area contributed by atoms with E-state index in [0.29, 0.717) is 18.6 Å². The number of carbonyl (C=O) groups is 2. The highest BCUT2D eigenvalue weighted by Gasteiger charge is 2.35. The lowest BCUT2D eigenvalue weighted by molar-refractivity contribution is -0.139. The van der Waals surface area contributed by atoms with Gasteiger partial charge in [-0.1, -0.05) is 48.9 Å². The molecule has 0 aliphatic rings. The highest BCUT2D eigenvalue weighted by atomic mass is 35.5. The molecule has 3 aromatic carbocycles. The van der Waals surface area contributed by atoms with Crippen LogP contribution >= 0.6 is 11.6 Å². The van der Waals surface area contributed by atoms with Crippen LogP contribution in [0.3, 0.4) is 0 Å². The Hall–Kier alpha value is -3.96. The van der Waals surface area contributed by atoms with Crippen LogP contribution in [0.15, 0.2) is 71.6 Å². The fourth-order valence-corrected chi connectivity index (χ4v) is 6.35. The fraction of sp³-hybridized carbons (Fsp3) is 0.375. The molecule has 10 nitrogen and oxygen atoms in total. The fourth-order valence-electron chi connectivity index (χ4n) is 4.75. The molecule has 0 bridgehead atoms. The lowest BCUT2D eigenvalue weighted by atomic mass is 10.1. The number of sulfonamides is 1. The van der Waals surface area contributed by atoms with Gasteiger partial charge in [0.05, 0.1) is 31.9 Å². The van der Waals surface area contributed by atoms with Crippen molar-refractivity contribution in [1.82, 2.24) is 10.2 Å². The predicted molar refractivity (Wildman–Crippen MR) is 171 cm³/mol. The number of benzene rings is 3. The van der Waals surface area contributed by atoms with Crippen molar-refractivity contribution in [2.45, 2.75) is 50.6 Å². The zero-order chi connectivity index (χ0) is 32.4. The van der Waals surface area contributed by atoms with Crippen molar-refractivity contribution in [3.05, 3.63) is 77.3 Å². The van der Waals surface area contributed by atoms with Crippen LogP contribution < -0.4 is 23.8 Å². The SMILES string of the molecule is CC[C@H](C(=O)NC(C)C)N(CCc1ccccc1)C(=O)CN(c1cc(Cl)ccc1OC)S(=O)(=O)c1ccc(OC)c(OC)c1. The largest absolute Gasteiger partial charge is 0.495 e. The lowest BCUT2D eigenvalue weighted by Gasteiger charge is -2.34. The number of nitrogens with one attached hydrogen (secondary N) is 1. The van der Waals surface area contributed by atoms with Crippen molar-refractivity contribution in [3.63, 3.8) is 0 Å². The summed E-state index contributed by atoms with van der Waals surface area (Å²) in [6.07, 6.45) is 0.781. The monoisotopic (exact) mass is 645 g/mol. The maximum Gasteiger partial charge on any atom is 0.265 e. The second-order valence-electron chi connectivity index (χ2n) is 10.3. The minimum Gasteiger partial charge on any atom is -0.495 e. The van der Waals surface area contributed by atoms with Gasteiger partial charge in [0.15, 0.2) is 11.5 Å². The molecule has 1 atom stereocenters. The number of nitrogens with zero attached hydrogens (tertiary/aromatic N) is 2. The van der Waals surface area contributed by atoms with Gasteiger partial charge in [0, 0.05) is 23.7 Å². The van der Waals surface area contributed by atoms with Crippen LogP contribution in [0.5, 0.6) is 17.2 Å². The summed E-state index contributed by atoms with van der Waals surface area (Å²) in [7, 11) is -0.185. The van der Waals surface area contributed by atoms with E-state index in [1.807, 2.05) is 51.1 Å². The Morgan fingerprint density at radius 3 is 2.11 bits per heavy atom. The summed E-state index contributed by atoms with van der Waals surface area (Å²) >= 11 is 6.32. The summed E-state index contributed by atoms with van der Waals surface area (Å²) in [5.74, 6) is -0.176. The number of anilines is 1. The van der Waals surface area contributed by atoms with Gasteiger partial charge in [0.25, 0.3) is 10.0 Å². The van der Waals surface area contributed by atoms with Gasteiger partial charge in [-0.15, -0.1) is 0 Å². The van der Waals surface area contributed by atoms with E-state index < -0.39 is 28.5 Å². The first-order chi connectivity index (χ1) is 21.0. The molecule has 0 aromatic heterocycles. The zero-order valence-corrected chi connectivity index (χ0v) is 27.4. The Bertz CT molecular complexity index is 1530. The molecule has 0 saturated heterocycles. The van der Waals surface area contributed by atoms with Gasteiger partial charge in [-0.05, 0) is 62.6 Å². The third-order valence-electron chi connectivity index (χ3n) is 6.93. The predicted octanol–water partition coefficient (Wildman–Crippen LogP) is 4.94. The van der Waals surface area contributed by atoms with E-state index in [1.54, 1.807) is 6.07 Å². The van der Waals surface area contributed by atoms with Gasteiger partial charge in [-0.2, -0.15) is 0 Å². The molecule has 12 heteroatoms. The third kappa shape index (κ3) is 8.35. The van der Waals surface area contributed by atoms with Gasteiger partial charge in [0.1, 0.15) is 18.3 Å². The van der Waals surface area contributed by atoms with E-state index in [-0.39, 0.29) is 45.6 Å². The van der Waals surface area contributed by atoms with Crippen LogP contribution in [-0.4, -0.2) is 71.6 Å². The number of rotatable bonds is 15. The molecule has 0 radical (unpaired) electrons. The molecule has 2 amide bonds. The van der Waals surface area contributed by atoms with Crippen LogP contribution in [0.1, 0.15) is 32.8 Å². The summed E-state index contributed by atoms with van der Waals surface area (Å²) in [4.78, 5) is 28.8. The first kappa shape index (κ1) is 34.5. The van der Waals surface area contributed by atoms with Crippen molar-refractivity contribution < 1.29 is 32.2 Å². The van der Waals surface area contributed by atoms with Crippen molar-refractivity contribution in [2.75, 3.05) is 38.7 Å². The molecule has 0 saturated carbocycles. The molecule has 1 N–H and O–H groups in total. The zero-order valence-electron chi connectivity index (χ0n) is 25.9. The molecule has 0 aliphatic carbocycles. The molecule has 0 unspecified atom stereocenters. The molecule has 3 aromatic rings. The van der Waals surface area contributed by atoms with Gasteiger partial charge in [-0.25, -0.2) is 8.42 Å². The van der Waals surface area contributed by atoms with Crippen LogP contribution in [-0.2, 0) is 26.0 Å². The maximum atomic E-state index is 14.3. The summed E-state index contributed by atoms with van der Waals surface area (Å²) < 4.78 is 45.7. The number of hydrogen-bond acceptors (Lipinski definition) is 7. The van der Waals surface area contributed by atoms with Gasteiger partial charge < -0.3 is 24.4 Å². The van der Waals surface area contributed by atoms with Crippen LogP contribution in [0.4, 0.5) is 5.69 Å². The number of hydrogen-bond donors (Lipinski definition) is 1. The summed E-state index contributed by atoms with van der Waals surface area (Å²) in [5.41, 5.74) is 1.03. The van der Waals surface area contributed by atoms with Crippen molar-refractivity contribution in [3.8, 4) is 17.2 Å². The molecule has 0 fully saturated rings. The Morgan fingerprint density at radius 2 is 1.52 bits per heavy atom. The first-order valence-electron chi connectivity index (χ1n) is 14.2. The van der Waals surface area contributed by atoms with Crippen molar-refractivity contribution in [1.29, 1.82) is 0 Å². The molecule has 0 heterocycles. The van der Waals surface area contributed by atoms with Crippen LogP contribution in [0.2, 0.25) is 5.02 Å². The first-order valence-corrected chi connectivity index (χ1v) is 16.0. The second-order valence-corrected chi connectivity index (χ2v) is 12.6. The highest BCUT2D eigenvalue weighted by Crippen LogP contribution is 2.37. The third-order valence-corrected chi connectivity index (χ3v) is 8.92. The van der Waals surface area contributed by atoms with Crippen LogP contribution in [0.25, 0.3) is 0 Å². The normalized spacial score (nSPS) is 11.9. The van der Waals surface area contributed by atoms with Crippen LogP contribution in [0, 0.1) is 0 Å². The van der Waals surface area contributed by atoms with Gasteiger partial charge >= 0.3 is 0 Å². The minimum atomic E-state index is -4.42. The number of ether oxygens (including phenoxy) is 3. The molecule has 0 spiro atoms. The van der Waals surface area contributed by atoms with Crippen molar-refractivity contribution >= 4 is 39.1 Å². The maximum absolute atomic E-state index is 14.3. The molecular weight excluding hydrogens is 606 g/mol. The lowest BCUT2D eigenvalue weighted by Crippen LogP contribution is -2.54. The Labute approximate surface area is 264 Å². The van der Waals surface area contributed by atoms with Crippen molar-refractivity contribution in [2.24, 2.45) is 0 Å². The number of amides is 2. The van der Waals surface area contributed by atoms with E-state index in [1.165, 1.54) is 56.6 Å². The second kappa shape index (κ2) is 15.7. The van der Waals surface area contributed by atoms with E-state index in [9.17, 15) is 18.0 Å². The standard InChI is InChI=1S/C32H40ClN3O7S/c1-7-26(32(38)34-22(2)3)35(18-17-23-11-9-8-10-12-23)31(37)21-36(27-19-24(33)13-15-28(27)41-4)44(39,40)25-14-16-29(42-5)30(20-25)43-6/h8-16,19-20,22,26H,7,17-18,21H2,1-6H3,(H,34,38)/t26-/m1/s1. The molecular formula is C32H40ClN3O7S. The number of methoxy groups -OCH3 is 3. The quantitative estimate of drug-likeness (QED) is 0.249. The van der Waals surface area contributed by atoms with E-state index in [2.05, 4.69) is 5.32 Å². The number of halogens is 1. The Balaban J connectivity index is 2.13. The molecule has 238 valence electrons. The Kier molecular flexibility index (Phi) is 12.3. The van der Waals surface area contributed by atoms with E-state index in [4.69, 9.17) is 25.8 Å². The average Bonchev–Trinajstić information content (AvgIpc) is 3.01. The van der Waals surface area contributed by atoms with Gasteiger partial charge in [-0.3, -0.25) is 13.9 Å². The molecule has 3 rings (SSSR count). The van der Waals surface area contributed by atoms with Gasteiger partial charge in [0.2, 0.25) is 11.8 Å². The molecule has 44 heavy (non-hydrogen) atoms. The topological polar surface area (TPSA) is 114 Å². The van der Waals surface area contributed by atoms with E-state index in [0.717, 1.165) is 9.87 Å². The summed E-state index contributed by atoms with van der Waals surface area (Å²) in [6.45, 7) is 5.04. The summed E-state index contributed by atoms with van der Waals surface area (Å²) in [6, 6.07) is 17.2. The number of carbonyl (C=O) groups excluding carboxylic acids is 2. The Morgan fingerprint density at radius 1 is 0.886 bits per heavy atom. The van der Waals surface area contributed by atoms with E-state index >= 15 is 0 Å². The average molecular weight is 646 g/mol. The smallest absolute Gasteiger partial charge is 0.265 e. The molecule has 0 aliphatic heterocycles. The minimum absolute atomic E-state index is 0.0609. The summed E-state index contributed by atoms with van der Waals surface area (Å²) in [5, 5.41) is 3.13. The highest BCUT2D eigenvalue weighted by molar-refractivity contribution is 7.92.